The van der Waals surface area contributed by atoms with Crippen LogP contribution in [0.1, 0.15) is 40.5 Å². The number of carboxylic acids is 1. The van der Waals surface area contributed by atoms with Gasteiger partial charge in [-0.3, -0.25) is 0 Å². The van der Waals surface area contributed by atoms with E-state index in [4.69, 9.17) is 5.26 Å². The Hall–Kier alpha value is -3.39. The van der Waals surface area contributed by atoms with Gasteiger partial charge in [-0.25, -0.2) is 9.48 Å². The smallest absolute Gasteiger partial charge is 0.339 e. The van der Waals surface area contributed by atoms with Crippen LogP contribution in [0, 0.1) is 18.3 Å². The van der Waals surface area contributed by atoms with Gasteiger partial charge < -0.3 is 5.11 Å². The molecule has 0 saturated carbocycles. The van der Waals surface area contributed by atoms with Gasteiger partial charge in [0.25, 0.3) is 0 Å². The Labute approximate surface area is 152 Å². The van der Waals surface area contributed by atoms with Gasteiger partial charge >= 0.3 is 5.97 Å². The van der Waals surface area contributed by atoms with Crippen molar-refractivity contribution in [3.05, 3.63) is 70.9 Å². The third-order valence-electron chi connectivity index (χ3n) is 4.23. The lowest BCUT2D eigenvalue weighted by Gasteiger charge is -2.07. The average molecular weight is 345 g/mol. The summed E-state index contributed by atoms with van der Waals surface area (Å²) < 4.78 is 1.71. The van der Waals surface area contributed by atoms with E-state index in [0.717, 1.165) is 17.7 Å². The van der Waals surface area contributed by atoms with Crippen LogP contribution in [-0.2, 0) is 6.42 Å². The van der Waals surface area contributed by atoms with Crippen molar-refractivity contribution in [2.24, 2.45) is 0 Å². The van der Waals surface area contributed by atoms with Crippen molar-refractivity contribution < 1.29 is 9.90 Å². The minimum atomic E-state index is -1.01. The van der Waals surface area contributed by atoms with Gasteiger partial charge in [0.05, 0.1) is 23.0 Å². The van der Waals surface area contributed by atoms with E-state index in [-0.39, 0.29) is 5.56 Å². The second-order valence-corrected chi connectivity index (χ2v) is 6.17. The molecule has 1 aromatic heterocycles. The zero-order valence-corrected chi connectivity index (χ0v) is 14.7. The van der Waals surface area contributed by atoms with Crippen LogP contribution in [0.4, 0.5) is 0 Å². The number of rotatable bonds is 5. The first kappa shape index (κ1) is 17.4. The summed E-state index contributed by atoms with van der Waals surface area (Å²) in [6.07, 6.45) is 1.40. The molecule has 0 amide bonds. The summed E-state index contributed by atoms with van der Waals surface area (Å²) in [7, 11) is 0. The normalized spacial score (nSPS) is 10.5. The molecule has 130 valence electrons. The number of aromatic carboxylic acids is 1. The number of carbonyl (C=O) groups is 1. The summed E-state index contributed by atoms with van der Waals surface area (Å²) in [4.78, 5) is 12.0. The SMILES string of the molecule is CCCc1c(C(=O)O)c(-c2cccc(C#N)c2)nn1-c1ccc(C)cc1. The maximum atomic E-state index is 12.0. The number of nitrogens with zero attached hydrogens (tertiary/aromatic N) is 3. The molecule has 0 aliphatic rings. The van der Waals surface area contributed by atoms with E-state index >= 15 is 0 Å². The van der Waals surface area contributed by atoms with Crippen molar-refractivity contribution in [1.82, 2.24) is 9.78 Å². The van der Waals surface area contributed by atoms with Gasteiger partial charge in [-0.1, -0.05) is 43.2 Å². The third kappa shape index (κ3) is 3.22. The monoisotopic (exact) mass is 345 g/mol. The van der Waals surface area contributed by atoms with Crippen LogP contribution in [0.25, 0.3) is 16.9 Å². The van der Waals surface area contributed by atoms with Gasteiger partial charge in [0.15, 0.2) is 0 Å². The number of benzene rings is 2. The summed E-state index contributed by atoms with van der Waals surface area (Å²) >= 11 is 0. The van der Waals surface area contributed by atoms with Crippen LogP contribution in [0.15, 0.2) is 48.5 Å². The largest absolute Gasteiger partial charge is 0.478 e. The molecule has 5 nitrogen and oxygen atoms in total. The van der Waals surface area contributed by atoms with E-state index in [0.29, 0.717) is 28.9 Å². The molecule has 2 aromatic carbocycles. The molecule has 3 aromatic rings. The fourth-order valence-electron chi connectivity index (χ4n) is 2.98. The maximum absolute atomic E-state index is 12.0. The van der Waals surface area contributed by atoms with E-state index in [1.807, 2.05) is 38.1 Å². The standard InChI is InChI=1S/C21H19N3O2/c1-3-5-18-19(21(25)26)20(16-7-4-6-15(12-16)13-22)23-24(18)17-10-8-14(2)9-11-17/h4,6-12H,3,5H2,1-2H3,(H,25,26). The lowest BCUT2D eigenvalue weighted by atomic mass is 10.0. The molecule has 0 aliphatic carbocycles. The van der Waals surface area contributed by atoms with Gasteiger partial charge in [0.1, 0.15) is 11.3 Å². The summed E-state index contributed by atoms with van der Waals surface area (Å²) in [5.74, 6) is -1.01. The zero-order valence-electron chi connectivity index (χ0n) is 14.7. The quantitative estimate of drug-likeness (QED) is 0.745. The number of aromatic nitrogens is 2. The lowest BCUT2D eigenvalue weighted by Crippen LogP contribution is -2.06. The minimum absolute atomic E-state index is 0.197. The van der Waals surface area contributed by atoms with E-state index in [9.17, 15) is 9.90 Å². The highest BCUT2D eigenvalue weighted by atomic mass is 16.4. The second-order valence-electron chi connectivity index (χ2n) is 6.17. The van der Waals surface area contributed by atoms with Gasteiger partial charge in [0.2, 0.25) is 0 Å². The van der Waals surface area contributed by atoms with Crippen LogP contribution < -0.4 is 0 Å². The summed E-state index contributed by atoms with van der Waals surface area (Å²) in [5.41, 5.74) is 4.30. The third-order valence-corrected chi connectivity index (χ3v) is 4.23. The van der Waals surface area contributed by atoms with E-state index in [2.05, 4.69) is 11.2 Å². The highest BCUT2D eigenvalue weighted by Crippen LogP contribution is 2.29. The molecular weight excluding hydrogens is 326 g/mol. The summed E-state index contributed by atoms with van der Waals surface area (Å²) in [5, 5.41) is 23.6. The Morgan fingerprint density at radius 3 is 2.58 bits per heavy atom. The molecule has 5 heteroatoms. The highest BCUT2D eigenvalue weighted by molar-refractivity contribution is 5.96. The number of carboxylic acid groups (broad SMARTS) is 1. The summed E-state index contributed by atoms with van der Waals surface area (Å²) in [6, 6.07) is 16.8. The fraction of sp³-hybridized carbons (Fsp3) is 0.190. The molecule has 0 atom stereocenters. The summed E-state index contributed by atoms with van der Waals surface area (Å²) in [6.45, 7) is 4.01. The van der Waals surface area contributed by atoms with Crippen molar-refractivity contribution in [3.63, 3.8) is 0 Å². The number of hydrogen-bond donors (Lipinski definition) is 1. The topological polar surface area (TPSA) is 78.9 Å². The van der Waals surface area contributed by atoms with Crippen molar-refractivity contribution in [1.29, 1.82) is 5.26 Å². The average Bonchev–Trinajstić information content (AvgIpc) is 3.02. The van der Waals surface area contributed by atoms with Crippen LogP contribution in [-0.4, -0.2) is 20.9 Å². The predicted molar refractivity (Wildman–Crippen MR) is 99.4 cm³/mol. The number of hydrogen-bond acceptors (Lipinski definition) is 3. The molecule has 0 aliphatic heterocycles. The van der Waals surface area contributed by atoms with Crippen molar-refractivity contribution in [3.8, 4) is 23.0 Å². The van der Waals surface area contributed by atoms with E-state index in [1.165, 1.54) is 0 Å². The van der Waals surface area contributed by atoms with Crippen LogP contribution in [0.2, 0.25) is 0 Å². The Kier molecular flexibility index (Phi) is 4.85. The maximum Gasteiger partial charge on any atom is 0.339 e. The zero-order chi connectivity index (χ0) is 18.7. The Morgan fingerprint density at radius 2 is 1.96 bits per heavy atom. The van der Waals surface area contributed by atoms with Gasteiger partial charge in [0, 0.05) is 5.56 Å². The first-order valence-corrected chi connectivity index (χ1v) is 8.48. The fourth-order valence-corrected chi connectivity index (χ4v) is 2.98. The molecule has 3 rings (SSSR count). The Morgan fingerprint density at radius 1 is 1.23 bits per heavy atom. The van der Waals surface area contributed by atoms with Crippen molar-refractivity contribution in [2.75, 3.05) is 0 Å². The lowest BCUT2D eigenvalue weighted by molar-refractivity contribution is 0.0696. The van der Waals surface area contributed by atoms with Crippen LogP contribution in [0.3, 0.4) is 0 Å². The Balaban J connectivity index is 2.27. The molecule has 0 fully saturated rings. The molecular formula is C21H19N3O2. The van der Waals surface area contributed by atoms with Crippen molar-refractivity contribution >= 4 is 5.97 Å². The molecule has 0 saturated heterocycles. The molecule has 1 heterocycles. The van der Waals surface area contributed by atoms with E-state index in [1.54, 1.807) is 28.9 Å². The van der Waals surface area contributed by atoms with Crippen LogP contribution in [0.5, 0.6) is 0 Å². The van der Waals surface area contributed by atoms with Gasteiger partial charge in [-0.2, -0.15) is 10.4 Å². The number of nitriles is 1. The molecule has 0 spiro atoms. The second kappa shape index (κ2) is 7.24. The molecule has 26 heavy (non-hydrogen) atoms. The van der Waals surface area contributed by atoms with E-state index < -0.39 is 5.97 Å². The molecule has 1 N–H and O–H groups in total. The first-order chi connectivity index (χ1) is 12.5. The van der Waals surface area contributed by atoms with Gasteiger partial charge in [-0.05, 0) is 37.6 Å². The molecule has 0 bridgehead atoms. The predicted octanol–water partition coefficient (Wildman–Crippen LogP) is 4.37. The van der Waals surface area contributed by atoms with Gasteiger partial charge in [-0.15, -0.1) is 0 Å². The number of aryl methyl sites for hydroxylation is 1. The highest BCUT2D eigenvalue weighted by Gasteiger charge is 2.24. The minimum Gasteiger partial charge on any atom is -0.478 e. The molecule has 0 radical (unpaired) electrons. The first-order valence-electron chi connectivity index (χ1n) is 8.48. The van der Waals surface area contributed by atoms with Crippen LogP contribution >= 0.6 is 0 Å². The molecule has 0 unspecified atom stereocenters. The van der Waals surface area contributed by atoms with Crippen molar-refractivity contribution in [2.45, 2.75) is 26.7 Å². The Bertz CT molecular complexity index is 995.